The molecule has 1 N–H and O–H groups in total. The Labute approximate surface area is 125 Å². The molecule has 0 aliphatic rings. The average molecular weight is 369 g/mol. The molecule has 0 fully saturated rings. The first-order valence-electron chi connectivity index (χ1n) is 5.82. The second-order valence-electron chi connectivity index (χ2n) is 4.36. The van der Waals surface area contributed by atoms with E-state index in [4.69, 9.17) is 0 Å². The standard InChI is InChI=1S/C15H15Br2N/c1-10-7-13(16)8-11(2)15(10)18-9-12-5-3-4-6-14(12)17/h3-8,18H,9H2,1-2H3. The summed E-state index contributed by atoms with van der Waals surface area (Å²) < 4.78 is 2.27. The van der Waals surface area contributed by atoms with Gasteiger partial charge >= 0.3 is 0 Å². The first kappa shape index (κ1) is 13.6. The van der Waals surface area contributed by atoms with Gasteiger partial charge in [-0.25, -0.2) is 0 Å². The molecule has 0 aromatic heterocycles. The molecule has 0 radical (unpaired) electrons. The van der Waals surface area contributed by atoms with Crippen molar-refractivity contribution < 1.29 is 0 Å². The summed E-state index contributed by atoms with van der Waals surface area (Å²) in [7, 11) is 0. The molecule has 1 nitrogen and oxygen atoms in total. The third kappa shape index (κ3) is 3.15. The fourth-order valence-corrected chi connectivity index (χ4v) is 3.13. The Hall–Kier alpha value is -0.800. The summed E-state index contributed by atoms with van der Waals surface area (Å²) in [5.74, 6) is 0. The van der Waals surface area contributed by atoms with E-state index in [9.17, 15) is 0 Å². The zero-order valence-electron chi connectivity index (χ0n) is 10.4. The minimum atomic E-state index is 0.824. The average Bonchev–Trinajstić information content (AvgIpc) is 2.30. The van der Waals surface area contributed by atoms with Gasteiger partial charge in [0.2, 0.25) is 0 Å². The summed E-state index contributed by atoms with van der Waals surface area (Å²) in [4.78, 5) is 0. The van der Waals surface area contributed by atoms with Crippen molar-refractivity contribution in [1.82, 2.24) is 0 Å². The second kappa shape index (κ2) is 5.89. The molecule has 0 aliphatic carbocycles. The lowest BCUT2D eigenvalue weighted by atomic mass is 10.1. The molecule has 0 saturated carbocycles. The zero-order valence-corrected chi connectivity index (χ0v) is 13.6. The molecule has 0 aliphatic heterocycles. The maximum absolute atomic E-state index is 3.57. The van der Waals surface area contributed by atoms with Crippen LogP contribution in [0.5, 0.6) is 0 Å². The molecule has 3 heteroatoms. The Morgan fingerprint density at radius 1 is 1.00 bits per heavy atom. The highest BCUT2D eigenvalue weighted by molar-refractivity contribution is 9.10. The molecule has 0 spiro atoms. The van der Waals surface area contributed by atoms with Gasteiger partial charge in [0.15, 0.2) is 0 Å². The lowest BCUT2D eigenvalue weighted by molar-refractivity contribution is 1.12. The summed E-state index contributed by atoms with van der Waals surface area (Å²) in [6.07, 6.45) is 0. The molecule has 94 valence electrons. The Balaban J connectivity index is 2.19. The van der Waals surface area contributed by atoms with Crippen LogP contribution < -0.4 is 5.32 Å². The predicted molar refractivity (Wildman–Crippen MR) is 85.1 cm³/mol. The predicted octanol–water partition coefficient (Wildman–Crippen LogP) is 5.44. The van der Waals surface area contributed by atoms with Gasteiger partial charge in [-0.2, -0.15) is 0 Å². The van der Waals surface area contributed by atoms with E-state index < -0.39 is 0 Å². The van der Waals surface area contributed by atoms with Crippen molar-refractivity contribution in [2.75, 3.05) is 5.32 Å². The quantitative estimate of drug-likeness (QED) is 0.760. The van der Waals surface area contributed by atoms with Gasteiger partial charge in [0, 0.05) is 21.2 Å². The lowest BCUT2D eigenvalue weighted by Crippen LogP contribution is -2.03. The van der Waals surface area contributed by atoms with Crippen molar-refractivity contribution >= 4 is 37.5 Å². The van der Waals surface area contributed by atoms with Gasteiger partial charge in [0.05, 0.1) is 0 Å². The van der Waals surface area contributed by atoms with Crippen molar-refractivity contribution in [2.45, 2.75) is 20.4 Å². The van der Waals surface area contributed by atoms with Crippen LogP contribution in [0.1, 0.15) is 16.7 Å². The maximum atomic E-state index is 3.57. The van der Waals surface area contributed by atoms with Crippen molar-refractivity contribution in [1.29, 1.82) is 0 Å². The molecule has 0 amide bonds. The fraction of sp³-hybridized carbons (Fsp3) is 0.200. The van der Waals surface area contributed by atoms with Gasteiger partial charge in [0.1, 0.15) is 0 Å². The van der Waals surface area contributed by atoms with Crippen molar-refractivity contribution in [3.8, 4) is 0 Å². The zero-order chi connectivity index (χ0) is 13.1. The molecule has 2 aromatic rings. The highest BCUT2D eigenvalue weighted by Gasteiger charge is 2.05. The SMILES string of the molecule is Cc1cc(Br)cc(C)c1NCc1ccccc1Br. The van der Waals surface area contributed by atoms with Crippen LogP contribution in [0.15, 0.2) is 45.3 Å². The van der Waals surface area contributed by atoms with Gasteiger partial charge < -0.3 is 5.32 Å². The minimum Gasteiger partial charge on any atom is -0.380 e. The van der Waals surface area contributed by atoms with Crippen molar-refractivity contribution in [2.24, 2.45) is 0 Å². The molecular formula is C15H15Br2N. The number of aryl methyl sites for hydroxylation is 2. The third-order valence-corrected chi connectivity index (χ3v) is 4.14. The van der Waals surface area contributed by atoms with Crippen LogP contribution in [0.2, 0.25) is 0 Å². The topological polar surface area (TPSA) is 12.0 Å². The first-order valence-corrected chi connectivity index (χ1v) is 7.40. The molecule has 2 rings (SSSR count). The van der Waals surface area contributed by atoms with Crippen LogP contribution in [0.3, 0.4) is 0 Å². The molecule has 0 unspecified atom stereocenters. The van der Waals surface area contributed by atoms with Gasteiger partial charge in [-0.15, -0.1) is 0 Å². The smallest absolute Gasteiger partial charge is 0.0412 e. The number of hydrogen-bond acceptors (Lipinski definition) is 1. The van der Waals surface area contributed by atoms with E-state index in [1.54, 1.807) is 0 Å². The first-order chi connectivity index (χ1) is 8.58. The fourth-order valence-electron chi connectivity index (χ4n) is 2.01. The number of rotatable bonds is 3. The highest BCUT2D eigenvalue weighted by atomic mass is 79.9. The Morgan fingerprint density at radius 2 is 1.61 bits per heavy atom. The normalized spacial score (nSPS) is 10.4. The summed E-state index contributed by atoms with van der Waals surface area (Å²) in [6, 6.07) is 12.6. The summed E-state index contributed by atoms with van der Waals surface area (Å²) in [6.45, 7) is 5.07. The number of benzene rings is 2. The Morgan fingerprint density at radius 3 is 2.22 bits per heavy atom. The minimum absolute atomic E-state index is 0.824. The number of nitrogens with one attached hydrogen (secondary N) is 1. The summed E-state index contributed by atoms with van der Waals surface area (Å²) in [5, 5.41) is 3.51. The number of anilines is 1. The van der Waals surface area contributed by atoms with Crippen molar-refractivity contribution in [3.63, 3.8) is 0 Å². The molecule has 0 saturated heterocycles. The molecule has 0 bridgehead atoms. The molecule has 2 aromatic carbocycles. The van der Waals surface area contributed by atoms with E-state index in [1.807, 2.05) is 6.07 Å². The number of halogens is 2. The van der Waals surface area contributed by atoms with Crippen LogP contribution in [0.25, 0.3) is 0 Å². The maximum Gasteiger partial charge on any atom is 0.0412 e. The Kier molecular flexibility index (Phi) is 4.46. The molecular weight excluding hydrogens is 354 g/mol. The summed E-state index contributed by atoms with van der Waals surface area (Å²) in [5.41, 5.74) is 5.00. The van der Waals surface area contributed by atoms with Gasteiger partial charge in [-0.05, 0) is 48.7 Å². The van der Waals surface area contributed by atoms with Gasteiger partial charge in [-0.3, -0.25) is 0 Å². The highest BCUT2D eigenvalue weighted by Crippen LogP contribution is 2.26. The lowest BCUT2D eigenvalue weighted by Gasteiger charge is -2.14. The monoisotopic (exact) mass is 367 g/mol. The molecule has 18 heavy (non-hydrogen) atoms. The van der Waals surface area contributed by atoms with E-state index in [0.29, 0.717) is 0 Å². The van der Waals surface area contributed by atoms with Crippen LogP contribution in [0.4, 0.5) is 5.69 Å². The second-order valence-corrected chi connectivity index (χ2v) is 6.13. The van der Waals surface area contributed by atoms with Crippen LogP contribution >= 0.6 is 31.9 Å². The van der Waals surface area contributed by atoms with Crippen LogP contribution in [-0.2, 0) is 6.54 Å². The van der Waals surface area contributed by atoms with E-state index in [-0.39, 0.29) is 0 Å². The molecule has 0 heterocycles. The third-order valence-electron chi connectivity index (χ3n) is 2.91. The van der Waals surface area contributed by atoms with E-state index >= 15 is 0 Å². The van der Waals surface area contributed by atoms with E-state index in [1.165, 1.54) is 22.4 Å². The van der Waals surface area contributed by atoms with Gasteiger partial charge in [-0.1, -0.05) is 50.1 Å². The van der Waals surface area contributed by atoms with Gasteiger partial charge in [0.25, 0.3) is 0 Å². The summed E-state index contributed by atoms with van der Waals surface area (Å²) >= 11 is 7.09. The Bertz CT molecular complexity index is 541. The number of hydrogen-bond donors (Lipinski definition) is 1. The largest absolute Gasteiger partial charge is 0.380 e. The van der Waals surface area contributed by atoms with E-state index in [0.717, 1.165) is 15.5 Å². The van der Waals surface area contributed by atoms with Crippen LogP contribution in [0, 0.1) is 13.8 Å². The van der Waals surface area contributed by atoms with Crippen molar-refractivity contribution in [3.05, 3.63) is 62.0 Å². The van der Waals surface area contributed by atoms with Crippen LogP contribution in [-0.4, -0.2) is 0 Å². The molecule has 0 atom stereocenters. The van der Waals surface area contributed by atoms with E-state index in [2.05, 4.69) is 81.4 Å².